The lowest BCUT2D eigenvalue weighted by Gasteiger charge is -1.91. The molecule has 2 unspecified atom stereocenters. The highest BCUT2D eigenvalue weighted by Crippen LogP contribution is 2.15. The van der Waals surface area contributed by atoms with Crippen LogP contribution in [0.15, 0.2) is 0 Å². The fourth-order valence-electron chi connectivity index (χ4n) is 0.480. The first kappa shape index (κ1) is 5.03. The highest BCUT2D eigenvalue weighted by atomic mass is 16.6. The molecular weight excluding hydrogens is 92.1 g/mol. The highest BCUT2D eigenvalue weighted by Gasteiger charge is 2.32. The van der Waals surface area contributed by atoms with Crippen molar-refractivity contribution in [3.05, 3.63) is 0 Å². The number of epoxide rings is 1. The fraction of sp³-hybridized carbons (Fsp3) is 1.00. The van der Waals surface area contributed by atoms with E-state index in [0.29, 0.717) is 6.10 Å². The Hall–Kier alpha value is -0.120. The molecule has 7 heavy (non-hydrogen) atoms. The molecule has 2 atom stereocenters. The van der Waals surface area contributed by atoms with E-state index in [1.165, 1.54) is 0 Å². The summed E-state index contributed by atoms with van der Waals surface area (Å²) in [5.74, 6) is 0. The zero-order valence-corrected chi connectivity index (χ0v) is 4.56. The summed E-state index contributed by atoms with van der Waals surface area (Å²) in [6.45, 7) is 2.02. The van der Waals surface area contributed by atoms with Crippen molar-refractivity contribution in [2.24, 2.45) is 0 Å². The number of hydrogen-bond donors (Lipinski definition) is 2. The molecule has 3 heteroatoms. The minimum atomic E-state index is 0.255. The summed E-state index contributed by atoms with van der Waals surface area (Å²) in [5, 5.41) is 0. The minimum Gasteiger partial charge on any atom is -0.352 e. The number of ether oxygens (including phenoxy) is 1. The van der Waals surface area contributed by atoms with Crippen LogP contribution in [0, 0.1) is 0 Å². The molecule has 0 radical (unpaired) electrons. The van der Waals surface area contributed by atoms with Gasteiger partial charge in [0.25, 0.3) is 0 Å². The Bertz CT molecular complexity index is 66.7. The van der Waals surface area contributed by atoms with Crippen molar-refractivity contribution in [3.8, 4) is 0 Å². The van der Waals surface area contributed by atoms with E-state index in [0.717, 1.165) is 0 Å². The third-order valence-electron chi connectivity index (χ3n) is 0.998. The molecule has 0 amide bonds. The van der Waals surface area contributed by atoms with Gasteiger partial charge in [-0.2, -0.15) is 0 Å². The second-order valence-electron chi connectivity index (χ2n) is 1.66. The van der Waals surface area contributed by atoms with E-state index in [1.807, 2.05) is 14.0 Å². The van der Waals surface area contributed by atoms with Gasteiger partial charge in [-0.3, -0.25) is 5.43 Å². The molecule has 3 nitrogen and oxygen atoms in total. The first-order valence-corrected chi connectivity index (χ1v) is 2.42. The summed E-state index contributed by atoms with van der Waals surface area (Å²) in [5.41, 5.74) is 5.68. The van der Waals surface area contributed by atoms with Gasteiger partial charge in [0.2, 0.25) is 0 Å². The summed E-state index contributed by atoms with van der Waals surface area (Å²) in [6.07, 6.45) is 0.650. The lowest BCUT2D eigenvalue weighted by Crippen LogP contribution is -2.31. The molecule has 0 spiro atoms. The predicted octanol–water partition coefficient (Wildman–Crippen LogP) is -0.545. The zero-order chi connectivity index (χ0) is 5.28. The SMILES string of the molecule is CNNC1OC1C. The molecule has 1 aliphatic heterocycles. The number of hydrazine groups is 1. The fourth-order valence-corrected chi connectivity index (χ4v) is 0.480. The normalized spacial score (nSPS) is 38.6. The molecule has 0 aliphatic carbocycles. The lowest BCUT2D eigenvalue weighted by atomic mass is 10.5. The Balaban J connectivity index is 1.98. The van der Waals surface area contributed by atoms with Crippen molar-refractivity contribution in [2.45, 2.75) is 19.3 Å². The molecular formula is C4H10N2O. The summed E-state index contributed by atoms with van der Waals surface area (Å²) < 4.78 is 4.98. The van der Waals surface area contributed by atoms with Crippen LogP contribution < -0.4 is 10.9 Å². The average Bonchev–Trinajstić information content (AvgIpc) is 2.22. The summed E-state index contributed by atoms with van der Waals surface area (Å²) >= 11 is 0. The molecule has 2 N–H and O–H groups in total. The predicted molar refractivity (Wildman–Crippen MR) is 26.5 cm³/mol. The molecule has 0 saturated carbocycles. The highest BCUT2D eigenvalue weighted by molar-refractivity contribution is 4.74. The molecule has 1 aliphatic rings. The minimum absolute atomic E-state index is 0.255. The molecule has 42 valence electrons. The summed E-state index contributed by atoms with van der Waals surface area (Å²) in [7, 11) is 1.83. The van der Waals surface area contributed by atoms with Gasteiger partial charge in [0.1, 0.15) is 6.23 Å². The van der Waals surface area contributed by atoms with E-state index in [9.17, 15) is 0 Å². The van der Waals surface area contributed by atoms with Crippen LogP contribution in [0.4, 0.5) is 0 Å². The monoisotopic (exact) mass is 102 g/mol. The van der Waals surface area contributed by atoms with Gasteiger partial charge in [0, 0.05) is 0 Å². The van der Waals surface area contributed by atoms with Gasteiger partial charge in [-0.25, -0.2) is 5.43 Å². The first-order valence-electron chi connectivity index (χ1n) is 2.42. The molecule has 0 aromatic carbocycles. The van der Waals surface area contributed by atoms with Crippen LogP contribution in [0.5, 0.6) is 0 Å². The molecule has 1 heterocycles. The maximum absolute atomic E-state index is 4.98. The molecule has 0 aromatic heterocycles. The van der Waals surface area contributed by atoms with Gasteiger partial charge in [0.15, 0.2) is 0 Å². The molecule has 1 fully saturated rings. The van der Waals surface area contributed by atoms with Crippen LogP contribution in [0.3, 0.4) is 0 Å². The summed E-state index contributed by atoms with van der Waals surface area (Å²) in [4.78, 5) is 0. The molecule has 0 bridgehead atoms. The van der Waals surface area contributed by atoms with Gasteiger partial charge >= 0.3 is 0 Å². The largest absolute Gasteiger partial charge is 0.352 e. The number of hydrogen-bond acceptors (Lipinski definition) is 3. The second kappa shape index (κ2) is 1.78. The average molecular weight is 102 g/mol. The van der Waals surface area contributed by atoms with Crippen LogP contribution in [-0.2, 0) is 4.74 Å². The Kier molecular flexibility index (Phi) is 1.27. The quantitative estimate of drug-likeness (QED) is 0.363. The summed E-state index contributed by atoms with van der Waals surface area (Å²) in [6, 6.07) is 0. The van der Waals surface area contributed by atoms with E-state index in [4.69, 9.17) is 4.74 Å². The van der Waals surface area contributed by atoms with Gasteiger partial charge in [-0.1, -0.05) is 0 Å². The maximum atomic E-state index is 4.98. The van der Waals surface area contributed by atoms with Crippen molar-refractivity contribution in [1.29, 1.82) is 0 Å². The van der Waals surface area contributed by atoms with E-state index in [2.05, 4.69) is 10.9 Å². The lowest BCUT2D eigenvalue weighted by molar-refractivity contribution is 0.335. The van der Waals surface area contributed by atoms with Crippen molar-refractivity contribution in [3.63, 3.8) is 0 Å². The van der Waals surface area contributed by atoms with E-state index in [1.54, 1.807) is 0 Å². The third kappa shape index (κ3) is 1.12. The number of nitrogens with one attached hydrogen (secondary N) is 2. The smallest absolute Gasteiger partial charge is 0.147 e. The Labute approximate surface area is 43.0 Å². The van der Waals surface area contributed by atoms with Gasteiger partial charge in [0.05, 0.1) is 6.10 Å². The standard InChI is InChI=1S/C4H10N2O/c1-3-4(7-3)6-5-2/h3-6H,1-2H3. The van der Waals surface area contributed by atoms with Crippen LogP contribution in [0.1, 0.15) is 6.92 Å². The van der Waals surface area contributed by atoms with Crippen molar-refractivity contribution >= 4 is 0 Å². The zero-order valence-electron chi connectivity index (χ0n) is 4.56. The van der Waals surface area contributed by atoms with Crippen LogP contribution in [0.25, 0.3) is 0 Å². The maximum Gasteiger partial charge on any atom is 0.147 e. The van der Waals surface area contributed by atoms with Gasteiger partial charge in [-0.05, 0) is 14.0 Å². The van der Waals surface area contributed by atoms with E-state index >= 15 is 0 Å². The van der Waals surface area contributed by atoms with E-state index in [-0.39, 0.29) is 6.23 Å². The van der Waals surface area contributed by atoms with Crippen LogP contribution in [0.2, 0.25) is 0 Å². The van der Waals surface area contributed by atoms with Crippen LogP contribution >= 0.6 is 0 Å². The van der Waals surface area contributed by atoms with Crippen molar-refractivity contribution < 1.29 is 4.74 Å². The van der Waals surface area contributed by atoms with Crippen molar-refractivity contribution in [2.75, 3.05) is 7.05 Å². The second-order valence-corrected chi connectivity index (χ2v) is 1.66. The van der Waals surface area contributed by atoms with Crippen LogP contribution in [-0.4, -0.2) is 19.4 Å². The van der Waals surface area contributed by atoms with Gasteiger partial charge < -0.3 is 4.74 Å². The molecule has 0 aromatic rings. The third-order valence-corrected chi connectivity index (χ3v) is 0.998. The van der Waals surface area contributed by atoms with Gasteiger partial charge in [-0.15, -0.1) is 0 Å². The topological polar surface area (TPSA) is 36.6 Å². The first-order chi connectivity index (χ1) is 3.34. The Morgan fingerprint density at radius 1 is 1.57 bits per heavy atom. The van der Waals surface area contributed by atoms with Crippen molar-refractivity contribution in [1.82, 2.24) is 10.9 Å². The Morgan fingerprint density at radius 3 is 2.29 bits per heavy atom. The number of rotatable bonds is 2. The van der Waals surface area contributed by atoms with E-state index < -0.39 is 0 Å². The Morgan fingerprint density at radius 2 is 2.14 bits per heavy atom. The molecule has 1 saturated heterocycles. The molecule has 1 rings (SSSR count).